The van der Waals surface area contributed by atoms with Crippen LogP contribution in [0.5, 0.6) is 0 Å². The zero-order valence-electron chi connectivity index (χ0n) is 10.6. The van der Waals surface area contributed by atoms with Crippen LogP contribution in [-0.4, -0.2) is 40.3 Å². The van der Waals surface area contributed by atoms with Gasteiger partial charge in [-0.3, -0.25) is 9.69 Å². The molecule has 94 valence electrons. The highest BCUT2D eigenvalue weighted by atomic mass is 16.6. The van der Waals surface area contributed by atoms with Crippen LogP contribution in [0, 0.1) is 0 Å². The predicted molar refractivity (Wildman–Crippen MR) is 60.3 cm³/mol. The highest BCUT2D eigenvalue weighted by Gasteiger charge is 2.26. The monoisotopic (exact) mass is 231 g/mol. The number of nitrogens with zero attached hydrogens (tertiary/aromatic N) is 1. The third-order valence-electron chi connectivity index (χ3n) is 2.06. The smallest absolute Gasteiger partial charge is 0.411 e. The van der Waals surface area contributed by atoms with Crippen molar-refractivity contribution >= 4 is 12.1 Å². The molecule has 0 aromatic carbocycles. The normalized spacial score (nSPS) is 13.1. The van der Waals surface area contributed by atoms with Gasteiger partial charge in [-0.25, -0.2) is 4.79 Å². The summed E-state index contributed by atoms with van der Waals surface area (Å²) in [5.74, 6) is -1.04. The number of ether oxygens (including phenoxy) is 1. The van der Waals surface area contributed by atoms with Gasteiger partial charge in [0, 0.05) is 6.04 Å². The SMILES string of the molecule is CCC(C)N(CC(=O)O)C(=O)OC(C)(C)C. The number of rotatable bonds is 4. The molecule has 1 amide bonds. The molecule has 0 saturated heterocycles. The average molecular weight is 231 g/mol. The van der Waals surface area contributed by atoms with Gasteiger partial charge in [0.2, 0.25) is 0 Å². The standard InChI is InChI=1S/C11H21NO4/c1-6-8(2)12(7-9(13)14)10(15)16-11(3,4)5/h8H,6-7H2,1-5H3,(H,13,14). The maximum atomic E-state index is 11.7. The Balaban J connectivity index is 4.63. The molecular weight excluding hydrogens is 210 g/mol. The first-order valence-electron chi connectivity index (χ1n) is 5.38. The minimum Gasteiger partial charge on any atom is -0.480 e. The maximum Gasteiger partial charge on any atom is 0.411 e. The lowest BCUT2D eigenvalue weighted by Gasteiger charge is -2.30. The minimum absolute atomic E-state index is 0.147. The van der Waals surface area contributed by atoms with E-state index in [1.807, 2.05) is 6.92 Å². The first kappa shape index (κ1) is 14.7. The topological polar surface area (TPSA) is 66.8 Å². The molecular formula is C11H21NO4. The van der Waals surface area contributed by atoms with Crippen molar-refractivity contribution in [3.8, 4) is 0 Å². The van der Waals surface area contributed by atoms with Crippen LogP contribution < -0.4 is 0 Å². The van der Waals surface area contributed by atoms with Crippen molar-refractivity contribution in [2.75, 3.05) is 6.54 Å². The Bertz CT molecular complexity index is 257. The van der Waals surface area contributed by atoms with E-state index < -0.39 is 17.7 Å². The fraction of sp³-hybridized carbons (Fsp3) is 0.818. The van der Waals surface area contributed by atoms with E-state index in [4.69, 9.17) is 9.84 Å². The van der Waals surface area contributed by atoms with E-state index in [2.05, 4.69) is 0 Å². The maximum absolute atomic E-state index is 11.7. The molecule has 1 unspecified atom stereocenters. The second kappa shape index (κ2) is 5.72. The Hall–Kier alpha value is -1.26. The van der Waals surface area contributed by atoms with Crippen LogP contribution >= 0.6 is 0 Å². The van der Waals surface area contributed by atoms with Gasteiger partial charge in [0.05, 0.1) is 0 Å². The molecule has 0 fully saturated rings. The summed E-state index contributed by atoms with van der Waals surface area (Å²) in [4.78, 5) is 23.6. The van der Waals surface area contributed by atoms with Crippen molar-refractivity contribution in [2.45, 2.75) is 52.7 Å². The molecule has 0 saturated carbocycles. The van der Waals surface area contributed by atoms with E-state index in [1.165, 1.54) is 4.90 Å². The molecule has 0 bridgehead atoms. The summed E-state index contributed by atoms with van der Waals surface area (Å²) in [6.07, 6.45) is 0.108. The molecule has 0 aliphatic carbocycles. The summed E-state index contributed by atoms with van der Waals surface area (Å²) in [6, 6.07) is -0.147. The quantitative estimate of drug-likeness (QED) is 0.804. The van der Waals surface area contributed by atoms with Crippen molar-refractivity contribution in [3.63, 3.8) is 0 Å². The van der Waals surface area contributed by atoms with Gasteiger partial charge < -0.3 is 9.84 Å². The first-order chi connectivity index (χ1) is 7.17. The van der Waals surface area contributed by atoms with Gasteiger partial charge >= 0.3 is 12.1 Å². The van der Waals surface area contributed by atoms with Crippen molar-refractivity contribution < 1.29 is 19.4 Å². The zero-order chi connectivity index (χ0) is 12.9. The molecule has 0 rings (SSSR count). The third-order valence-corrected chi connectivity index (χ3v) is 2.06. The number of carboxylic acid groups (broad SMARTS) is 1. The first-order valence-corrected chi connectivity index (χ1v) is 5.38. The van der Waals surface area contributed by atoms with Crippen molar-refractivity contribution in [1.82, 2.24) is 4.90 Å². The Morgan fingerprint density at radius 2 is 1.88 bits per heavy atom. The highest BCUT2D eigenvalue weighted by molar-refractivity contribution is 5.77. The van der Waals surface area contributed by atoms with E-state index in [0.717, 1.165) is 0 Å². The van der Waals surface area contributed by atoms with Gasteiger partial charge in [-0.2, -0.15) is 0 Å². The predicted octanol–water partition coefficient (Wildman–Crippen LogP) is 2.11. The summed E-state index contributed by atoms with van der Waals surface area (Å²) < 4.78 is 5.15. The second-order valence-electron chi connectivity index (χ2n) is 4.76. The molecule has 16 heavy (non-hydrogen) atoms. The number of carbonyl (C=O) groups excluding carboxylic acids is 1. The van der Waals surface area contributed by atoms with Crippen LogP contribution in [-0.2, 0) is 9.53 Å². The average Bonchev–Trinajstić information content (AvgIpc) is 2.09. The molecule has 0 spiro atoms. The molecule has 0 aliphatic heterocycles. The molecule has 0 aliphatic rings. The number of aliphatic carboxylic acids is 1. The Morgan fingerprint density at radius 3 is 2.19 bits per heavy atom. The number of carbonyl (C=O) groups is 2. The molecule has 1 N–H and O–H groups in total. The van der Waals surface area contributed by atoms with Gasteiger partial charge in [0.15, 0.2) is 0 Å². The minimum atomic E-state index is -1.04. The lowest BCUT2D eigenvalue weighted by atomic mass is 10.2. The Labute approximate surface area is 96.4 Å². The number of carboxylic acids is 1. The van der Waals surface area contributed by atoms with Gasteiger partial charge in [-0.05, 0) is 34.1 Å². The molecule has 0 aromatic heterocycles. The molecule has 0 aromatic rings. The third kappa shape index (κ3) is 5.58. The zero-order valence-corrected chi connectivity index (χ0v) is 10.6. The lowest BCUT2D eigenvalue weighted by molar-refractivity contribution is -0.138. The lowest BCUT2D eigenvalue weighted by Crippen LogP contribution is -2.44. The number of amides is 1. The van der Waals surface area contributed by atoms with Gasteiger partial charge in [0.25, 0.3) is 0 Å². The largest absolute Gasteiger partial charge is 0.480 e. The van der Waals surface area contributed by atoms with Crippen LogP contribution in [0.1, 0.15) is 41.0 Å². The van der Waals surface area contributed by atoms with Crippen LogP contribution in [0.2, 0.25) is 0 Å². The van der Waals surface area contributed by atoms with Gasteiger partial charge in [-0.1, -0.05) is 6.92 Å². The van der Waals surface area contributed by atoms with Gasteiger partial charge in [0.1, 0.15) is 12.1 Å². The highest BCUT2D eigenvalue weighted by Crippen LogP contribution is 2.13. The van der Waals surface area contributed by atoms with Crippen molar-refractivity contribution in [2.24, 2.45) is 0 Å². The summed E-state index contributed by atoms with van der Waals surface area (Å²) in [5, 5.41) is 8.73. The van der Waals surface area contributed by atoms with Crippen LogP contribution in [0.4, 0.5) is 4.79 Å². The fourth-order valence-corrected chi connectivity index (χ4v) is 1.09. The Kier molecular flexibility index (Phi) is 5.27. The number of hydrogen-bond acceptors (Lipinski definition) is 3. The molecule has 0 heterocycles. The summed E-state index contributed by atoms with van der Waals surface area (Å²) in [6.45, 7) is 8.61. The number of hydrogen-bond donors (Lipinski definition) is 1. The van der Waals surface area contributed by atoms with E-state index >= 15 is 0 Å². The van der Waals surface area contributed by atoms with E-state index in [0.29, 0.717) is 6.42 Å². The van der Waals surface area contributed by atoms with E-state index in [1.54, 1.807) is 27.7 Å². The molecule has 5 heteroatoms. The van der Waals surface area contributed by atoms with Crippen molar-refractivity contribution in [3.05, 3.63) is 0 Å². The van der Waals surface area contributed by atoms with E-state index in [-0.39, 0.29) is 12.6 Å². The van der Waals surface area contributed by atoms with Crippen LogP contribution in [0.3, 0.4) is 0 Å². The van der Waals surface area contributed by atoms with Gasteiger partial charge in [-0.15, -0.1) is 0 Å². The Morgan fingerprint density at radius 1 is 1.38 bits per heavy atom. The van der Waals surface area contributed by atoms with Crippen molar-refractivity contribution in [1.29, 1.82) is 0 Å². The molecule has 5 nitrogen and oxygen atoms in total. The fourth-order valence-electron chi connectivity index (χ4n) is 1.09. The summed E-state index contributed by atoms with van der Waals surface area (Å²) in [5.41, 5.74) is -0.610. The van der Waals surface area contributed by atoms with E-state index in [9.17, 15) is 9.59 Å². The summed E-state index contributed by atoms with van der Waals surface area (Å²) in [7, 11) is 0. The molecule has 0 radical (unpaired) electrons. The molecule has 1 atom stereocenters. The summed E-state index contributed by atoms with van der Waals surface area (Å²) >= 11 is 0. The van der Waals surface area contributed by atoms with Crippen LogP contribution in [0.15, 0.2) is 0 Å². The van der Waals surface area contributed by atoms with Crippen LogP contribution in [0.25, 0.3) is 0 Å². The second-order valence-corrected chi connectivity index (χ2v) is 4.76.